The number of nitrogens with zero attached hydrogens (tertiary/aromatic N) is 5. The predicted octanol–water partition coefficient (Wildman–Crippen LogP) is 3.50. The molecule has 2 aromatic heterocycles. The topological polar surface area (TPSA) is 94.9 Å². The SMILES string of the molecule is CCc1c2c(C(=O)O)cc(C(F)(F)F)cc2nn1-c1ccc(-n2c(C)nn(C)c2=O)cc1. The van der Waals surface area contributed by atoms with Crippen LogP contribution in [-0.2, 0) is 19.6 Å². The van der Waals surface area contributed by atoms with Crippen LogP contribution in [0, 0.1) is 6.92 Å². The molecule has 166 valence electrons. The largest absolute Gasteiger partial charge is 0.478 e. The molecule has 2 heterocycles. The highest BCUT2D eigenvalue weighted by atomic mass is 19.4. The van der Waals surface area contributed by atoms with Crippen LogP contribution in [0.3, 0.4) is 0 Å². The van der Waals surface area contributed by atoms with Crippen molar-refractivity contribution in [2.45, 2.75) is 26.4 Å². The minimum atomic E-state index is -4.70. The standard InChI is InChI=1S/C21H18F3N5O3/c1-4-17-18-15(19(30)31)9-12(21(22,23)24)10-16(18)26-29(17)14-7-5-13(6-8-14)28-11(2)25-27(3)20(28)32/h5-10H,4H2,1-3H3,(H,30,31). The second-order valence-electron chi connectivity index (χ2n) is 7.24. The summed E-state index contributed by atoms with van der Waals surface area (Å²) in [5.41, 5.74) is -0.360. The second kappa shape index (κ2) is 7.36. The average Bonchev–Trinajstić information content (AvgIpc) is 3.22. The third-order valence-electron chi connectivity index (χ3n) is 5.20. The van der Waals surface area contributed by atoms with Gasteiger partial charge >= 0.3 is 17.8 Å². The molecule has 8 nitrogen and oxygen atoms in total. The van der Waals surface area contributed by atoms with E-state index in [0.717, 1.165) is 6.07 Å². The third kappa shape index (κ3) is 3.35. The fraction of sp³-hybridized carbons (Fsp3) is 0.238. The van der Waals surface area contributed by atoms with Crippen molar-refractivity contribution in [2.24, 2.45) is 7.05 Å². The van der Waals surface area contributed by atoms with Crippen molar-refractivity contribution in [1.29, 1.82) is 0 Å². The molecule has 0 radical (unpaired) electrons. The molecule has 0 amide bonds. The van der Waals surface area contributed by atoms with E-state index in [-0.39, 0.29) is 16.6 Å². The number of halogens is 3. The van der Waals surface area contributed by atoms with Crippen LogP contribution in [0.15, 0.2) is 41.2 Å². The number of aryl methyl sites for hydroxylation is 3. The zero-order valence-electron chi connectivity index (χ0n) is 17.3. The molecule has 2 aromatic carbocycles. The van der Waals surface area contributed by atoms with Crippen LogP contribution in [0.1, 0.15) is 34.4 Å². The van der Waals surface area contributed by atoms with Gasteiger partial charge in [0, 0.05) is 12.4 Å². The summed E-state index contributed by atoms with van der Waals surface area (Å²) in [5, 5.41) is 18.1. The minimum Gasteiger partial charge on any atom is -0.478 e. The van der Waals surface area contributed by atoms with Crippen molar-refractivity contribution in [2.75, 3.05) is 0 Å². The Bertz CT molecular complexity index is 1410. The smallest absolute Gasteiger partial charge is 0.416 e. The van der Waals surface area contributed by atoms with Gasteiger partial charge in [-0.1, -0.05) is 6.92 Å². The van der Waals surface area contributed by atoms with E-state index in [1.807, 2.05) is 0 Å². The minimum absolute atomic E-state index is 0.0579. The molecule has 4 rings (SSSR count). The van der Waals surface area contributed by atoms with E-state index < -0.39 is 23.3 Å². The molecule has 0 fully saturated rings. The lowest BCUT2D eigenvalue weighted by Gasteiger charge is -2.09. The van der Waals surface area contributed by atoms with E-state index in [0.29, 0.717) is 35.4 Å². The van der Waals surface area contributed by atoms with Crippen molar-refractivity contribution in [3.05, 3.63) is 69.5 Å². The first-order valence-corrected chi connectivity index (χ1v) is 9.62. The Morgan fingerprint density at radius 2 is 1.72 bits per heavy atom. The van der Waals surface area contributed by atoms with Gasteiger partial charge in [0.05, 0.1) is 33.7 Å². The zero-order chi connectivity index (χ0) is 23.4. The number of carboxylic acids is 1. The Labute approximate surface area is 179 Å². The molecule has 0 aliphatic carbocycles. The summed E-state index contributed by atoms with van der Waals surface area (Å²) in [6.07, 6.45) is -4.36. The van der Waals surface area contributed by atoms with Crippen LogP contribution in [0.4, 0.5) is 13.2 Å². The van der Waals surface area contributed by atoms with Gasteiger partial charge in [-0.3, -0.25) is 0 Å². The van der Waals surface area contributed by atoms with E-state index >= 15 is 0 Å². The summed E-state index contributed by atoms with van der Waals surface area (Å²) in [5.74, 6) is -0.966. The molecule has 0 bridgehead atoms. The summed E-state index contributed by atoms with van der Waals surface area (Å²) >= 11 is 0. The van der Waals surface area contributed by atoms with Gasteiger partial charge in [0.15, 0.2) is 0 Å². The van der Waals surface area contributed by atoms with Gasteiger partial charge in [-0.25, -0.2) is 23.5 Å². The van der Waals surface area contributed by atoms with Crippen LogP contribution in [0.5, 0.6) is 0 Å². The van der Waals surface area contributed by atoms with Crippen LogP contribution in [0.2, 0.25) is 0 Å². The van der Waals surface area contributed by atoms with Crippen molar-refractivity contribution in [3.63, 3.8) is 0 Å². The first kappa shape index (κ1) is 21.3. The van der Waals surface area contributed by atoms with Crippen molar-refractivity contribution in [1.82, 2.24) is 24.1 Å². The first-order chi connectivity index (χ1) is 15.0. The van der Waals surface area contributed by atoms with E-state index in [1.165, 1.54) is 21.0 Å². The predicted molar refractivity (Wildman–Crippen MR) is 110 cm³/mol. The van der Waals surface area contributed by atoms with Crippen LogP contribution < -0.4 is 5.69 Å². The Kier molecular flexibility index (Phi) is 4.91. The lowest BCUT2D eigenvalue weighted by molar-refractivity contribution is -0.137. The number of aromatic nitrogens is 5. The number of hydrogen-bond donors (Lipinski definition) is 1. The van der Waals surface area contributed by atoms with E-state index in [2.05, 4.69) is 10.2 Å². The van der Waals surface area contributed by atoms with Gasteiger partial charge in [-0.2, -0.15) is 23.4 Å². The van der Waals surface area contributed by atoms with Crippen molar-refractivity contribution < 1.29 is 23.1 Å². The molecule has 0 aliphatic rings. The third-order valence-corrected chi connectivity index (χ3v) is 5.20. The second-order valence-corrected chi connectivity index (χ2v) is 7.24. The molecule has 1 N–H and O–H groups in total. The maximum atomic E-state index is 13.3. The Balaban J connectivity index is 1.90. The maximum Gasteiger partial charge on any atom is 0.416 e. The number of hydrogen-bond acceptors (Lipinski definition) is 4. The maximum absolute atomic E-state index is 13.3. The highest BCUT2D eigenvalue weighted by Crippen LogP contribution is 2.35. The molecule has 0 spiro atoms. The Hall–Kier alpha value is -3.89. The van der Waals surface area contributed by atoms with Gasteiger partial charge in [0.25, 0.3) is 0 Å². The van der Waals surface area contributed by atoms with Gasteiger partial charge < -0.3 is 5.11 Å². The van der Waals surface area contributed by atoms with E-state index in [4.69, 9.17) is 0 Å². The molecule has 4 aromatic rings. The van der Waals surface area contributed by atoms with Crippen LogP contribution >= 0.6 is 0 Å². The number of alkyl halides is 3. The molecule has 11 heteroatoms. The lowest BCUT2D eigenvalue weighted by atomic mass is 10.0. The number of aromatic carboxylic acids is 1. The summed E-state index contributed by atoms with van der Waals surface area (Å²) in [6.45, 7) is 3.46. The summed E-state index contributed by atoms with van der Waals surface area (Å²) in [6, 6.07) is 8.13. The number of rotatable bonds is 4. The van der Waals surface area contributed by atoms with Crippen molar-refractivity contribution in [3.8, 4) is 11.4 Å². The first-order valence-electron chi connectivity index (χ1n) is 9.62. The van der Waals surface area contributed by atoms with Gasteiger partial charge in [0.1, 0.15) is 5.82 Å². The number of carbonyl (C=O) groups is 1. The summed E-state index contributed by atoms with van der Waals surface area (Å²) in [4.78, 5) is 24.0. The zero-order valence-corrected chi connectivity index (χ0v) is 17.3. The monoisotopic (exact) mass is 445 g/mol. The Morgan fingerprint density at radius 3 is 2.22 bits per heavy atom. The highest BCUT2D eigenvalue weighted by molar-refractivity contribution is 6.04. The van der Waals surface area contributed by atoms with Crippen LogP contribution in [-0.4, -0.2) is 35.2 Å². The average molecular weight is 445 g/mol. The molecule has 32 heavy (non-hydrogen) atoms. The molecule has 0 saturated heterocycles. The highest BCUT2D eigenvalue weighted by Gasteiger charge is 2.33. The summed E-state index contributed by atoms with van der Waals surface area (Å²) in [7, 11) is 1.54. The molecule has 0 unspecified atom stereocenters. The Morgan fingerprint density at radius 1 is 1.09 bits per heavy atom. The quantitative estimate of drug-likeness (QED) is 0.519. The van der Waals surface area contributed by atoms with Gasteiger partial charge in [-0.15, -0.1) is 0 Å². The number of fused-ring (bicyclic) bond motifs is 1. The fourth-order valence-electron chi connectivity index (χ4n) is 3.78. The van der Waals surface area contributed by atoms with E-state index in [1.54, 1.807) is 38.1 Å². The van der Waals surface area contributed by atoms with Gasteiger partial charge in [-0.05, 0) is 49.7 Å². The van der Waals surface area contributed by atoms with Crippen molar-refractivity contribution >= 4 is 16.9 Å². The number of carboxylic acid groups (broad SMARTS) is 1. The normalized spacial score (nSPS) is 11.9. The molecule has 0 atom stereocenters. The van der Waals surface area contributed by atoms with E-state index in [9.17, 15) is 27.9 Å². The fourth-order valence-corrected chi connectivity index (χ4v) is 3.78. The number of benzene rings is 2. The molecular formula is C21H18F3N5O3. The molecular weight excluding hydrogens is 427 g/mol. The molecule has 0 saturated carbocycles. The van der Waals surface area contributed by atoms with Gasteiger partial charge in [0.2, 0.25) is 0 Å². The van der Waals surface area contributed by atoms with Crippen LogP contribution in [0.25, 0.3) is 22.3 Å². The molecule has 0 aliphatic heterocycles. The summed E-state index contributed by atoms with van der Waals surface area (Å²) < 4.78 is 43.9. The lowest BCUT2D eigenvalue weighted by Crippen LogP contribution is -2.21.